The zero-order valence-corrected chi connectivity index (χ0v) is 16.5. The van der Waals surface area contributed by atoms with Gasteiger partial charge in [0.1, 0.15) is 5.70 Å². The summed E-state index contributed by atoms with van der Waals surface area (Å²) < 4.78 is 0. The smallest absolute Gasteiger partial charge is 0.267 e. The van der Waals surface area contributed by atoms with Crippen molar-refractivity contribution in [2.45, 2.75) is 58.3 Å². The van der Waals surface area contributed by atoms with E-state index in [1.54, 1.807) is 6.08 Å². The van der Waals surface area contributed by atoms with Crippen LogP contribution in [-0.4, -0.2) is 54.0 Å². The van der Waals surface area contributed by atoms with Gasteiger partial charge in [-0.3, -0.25) is 24.4 Å². The van der Waals surface area contributed by atoms with Crippen LogP contribution in [0.5, 0.6) is 0 Å². The Kier molecular flexibility index (Phi) is 11.6. The molecule has 1 fully saturated rings. The van der Waals surface area contributed by atoms with Crippen LogP contribution in [0.25, 0.3) is 0 Å². The van der Waals surface area contributed by atoms with Gasteiger partial charge >= 0.3 is 0 Å². The SMILES string of the molecule is CC(=O)NCCCC=C1NC(=O)[C@@H](CN(O)C=O)CCCCCCCNC1=O. The molecule has 4 amide bonds. The molecule has 0 spiro atoms. The zero-order valence-electron chi connectivity index (χ0n) is 16.5. The fourth-order valence-corrected chi connectivity index (χ4v) is 2.97. The van der Waals surface area contributed by atoms with E-state index in [4.69, 9.17) is 0 Å². The third-order valence-electron chi connectivity index (χ3n) is 4.52. The molecule has 0 saturated carbocycles. The van der Waals surface area contributed by atoms with Gasteiger partial charge < -0.3 is 16.0 Å². The predicted octanol–water partition coefficient (Wildman–Crippen LogP) is 0.837. The van der Waals surface area contributed by atoms with Crippen LogP contribution >= 0.6 is 0 Å². The number of carbonyl (C=O) groups excluding carboxylic acids is 4. The first-order chi connectivity index (χ1) is 13.4. The maximum absolute atomic E-state index is 12.7. The predicted molar refractivity (Wildman–Crippen MR) is 103 cm³/mol. The van der Waals surface area contributed by atoms with Gasteiger partial charge in [-0.05, 0) is 25.7 Å². The second-order valence-corrected chi connectivity index (χ2v) is 6.97. The Morgan fingerprint density at radius 1 is 1.25 bits per heavy atom. The summed E-state index contributed by atoms with van der Waals surface area (Å²) in [5, 5.41) is 18.1. The second kappa shape index (κ2) is 13.7. The van der Waals surface area contributed by atoms with Crippen LogP contribution in [0, 0.1) is 5.92 Å². The molecule has 28 heavy (non-hydrogen) atoms. The van der Waals surface area contributed by atoms with Gasteiger partial charge in [0.2, 0.25) is 18.2 Å². The molecule has 1 aliphatic rings. The van der Waals surface area contributed by atoms with Crippen molar-refractivity contribution in [2.24, 2.45) is 5.92 Å². The third-order valence-corrected chi connectivity index (χ3v) is 4.52. The molecule has 0 aliphatic carbocycles. The minimum atomic E-state index is -0.605. The highest BCUT2D eigenvalue weighted by Gasteiger charge is 2.23. The molecule has 1 atom stereocenters. The number of nitrogens with zero attached hydrogens (tertiary/aromatic N) is 1. The summed E-state index contributed by atoms with van der Waals surface area (Å²) in [7, 11) is 0. The Labute approximate surface area is 165 Å². The quantitative estimate of drug-likeness (QED) is 0.167. The van der Waals surface area contributed by atoms with Crippen LogP contribution in [0.1, 0.15) is 58.3 Å². The molecule has 0 aromatic heterocycles. The monoisotopic (exact) mass is 396 g/mol. The van der Waals surface area contributed by atoms with Crippen LogP contribution in [-0.2, 0) is 19.2 Å². The van der Waals surface area contributed by atoms with E-state index < -0.39 is 11.8 Å². The van der Waals surface area contributed by atoms with Crippen molar-refractivity contribution in [2.75, 3.05) is 19.6 Å². The van der Waals surface area contributed by atoms with Crippen LogP contribution in [0.15, 0.2) is 11.8 Å². The number of hydrogen-bond donors (Lipinski definition) is 4. The summed E-state index contributed by atoms with van der Waals surface area (Å²) in [6.45, 7) is 2.34. The topological polar surface area (TPSA) is 128 Å². The molecule has 158 valence electrons. The number of hydroxylamine groups is 2. The lowest BCUT2D eigenvalue weighted by Gasteiger charge is -2.20. The average molecular weight is 396 g/mol. The Balaban J connectivity index is 2.82. The summed E-state index contributed by atoms with van der Waals surface area (Å²) in [4.78, 5) is 46.7. The van der Waals surface area contributed by atoms with Crippen LogP contribution in [0.3, 0.4) is 0 Å². The lowest BCUT2D eigenvalue weighted by Crippen LogP contribution is -2.41. The largest absolute Gasteiger partial charge is 0.356 e. The summed E-state index contributed by atoms with van der Waals surface area (Å²) >= 11 is 0. The highest BCUT2D eigenvalue weighted by Crippen LogP contribution is 2.14. The normalized spacial score (nSPS) is 20.8. The third kappa shape index (κ3) is 10.1. The van der Waals surface area contributed by atoms with E-state index in [1.165, 1.54) is 6.92 Å². The number of carbonyl (C=O) groups is 4. The molecule has 0 bridgehead atoms. The van der Waals surface area contributed by atoms with Crippen LogP contribution < -0.4 is 16.0 Å². The van der Waals surface area contributed by atoms with E-state index in [0.29, 0.717) is 37.4 Å². The first-order valence-corrected chi connectivity index (χ1v) is 9.88. The number of hydrogen-bond acceptors (Lipinski definition) is 5. The molecule has 1 saturated heterocycles. The Morgan fingerprint density at radius 3 is 2.68 bits per heavy atom. The van der Waals surface area contributed by atoms with E-state index in [2.05, 4.69) is 16.0 Å². The van der Waals surface area contributed by atoms with Crippen molar-refractivity contribution in [3.05, 3.63) is 11.8 Å². The Hall–Kier alpha value is -2.42. The Bertz CT molecular complexity index is 565. The number of rotatable bonds is 7. The van der Waals surface area contributed by atoms with Crippen molar-refractivity contribution in [3.8, 4) is 0 Å². The maximum Gasteiger partial charge on any atom is 0.267 e. The molecule has 0 aromatic rings. The fourth-order valence-electron chi connectivity index (χ4n) is 2.97. The number of unbranched alkanes of at least 4 members (excludes halogenated alkanes) is 1. The van der Waals surface area contributed by atoms with Gasteiger partial charge in [0.15, 0.2) is 0 Å². The van der Waals surface area contributed by atoms with Gasteiger partial charge in [-0.15, -0.1) is 0 Å². The van der Waals surface area contributed by atoms with E-state index in [9.17, 15) is 24.4 Å². The van der Waals surface area contributed by atoms with Crippen LogP contribution in [0.2, 0.25) is 0 Å². The van der Waals surface area contributed by atoms with Crippen molar-refractivity contribution in [1.82, 2.24) is 21.0 Å². The van der Waals surface area contributed by atoms with Gasteiger partial charge in [-0.2, -0.15) is 0 Å². The van der Waals surface area contributed by atoms with Crippen molar-refractivity contribution in [3.63, 3.8) is 0 Å². The summed E-state index contributed by atoms with van der Waals surface area (Å²) in [5.41, 5.74) is 0.160. The summed E-state index contributed by atoms with van der Waals surface area (Å²) in [5.74, 6) is -1.48. The first-order valence-electron chi connectivity index (χ1n) is 9.88. The molecule has 1 rings (SSSR count). The number of amides is 4. The maximum atomic E-state index is 12.7. The summed E-state index contributed by atoms with van der Waals surface area (Å²) in [6.07, 6.45) is 8.19. The minimum Gasteiger partial charge on any atom is -0.356 e. The molecule has 0 unspecified atom stereocenters. The van der Waals surface area contributed by atoms with Gasteiger partial charge in [-0.1, -0.05) is 31.8 Å². The average Bonchev–Trinajstić information content (AvgIpc) is 2.67. The molecule has 1 aliphatic heterocycles. The highest BCUT2D eigenvalue weighted by molar-refractivity contribution is 5.97. The summed E-state index contributed by atoms with van der Waals surface area (Å²) in [6, 6.07) is 0. The van der Waals surface area contributed by atoms with Crippen molar-refractivity contribution < 1.29 is 24.4 Å². The van der Waals surface area contributed by atoms with Crippen LogP contribution in [0.4, 0.5) is 0 Å². The minimum absolute atomic E-state index is 0.118. The van der Waals surface area contributed by atoms with Crippen molar-refractivity contribution >= 4 is 24.1 Å². The Morgan fingerprint density at radius 2 is 1.96 bits per heavy atom. The molecule has 9 heteroatoms. The molecular formula is C19H32N4O5. The fraction of sp³-hybridized carbons (Fsp3) is 0.684. The molecular weight excluding hydrogens is 364 g/mol. The number of nitrogens with one attached hydrogen (secondary N) is 3. The van der Waals surface area contributed by atoms with E-state index in [-0.39, 0.29) is 30.5 Å². The molecule has 1 heterocycles. The molecule has 4 N–H and O–H groups in total. The number of allylic oxidation sites excluding steroid dienone is 1. The highest BCUT2D eigenvalue weighted by atomic mass is 16.5. The van der Waals surface area contributed by atoms with Crippen molar-refractivity contribution in [1.29, 1.82) is 0 Å². The van der Waals surface area contributed by atoms with Gasteiger partial charge in [0, 0.05) is 20.0 Å². The van der Waals surface area contributed by atoms with E-state index in [1.807, 2.05) is 0 Å². The van der Waals surface area contributed by atoms with E-state index in [0.717, 1.165) is 32.1 Å². The first kappa shape index (κ1) is 23.6. The van der Waals surface area contributed by atoms with Gasteiger partial charge in [-0.25, -0.2) is 5.06 Å². The molecule has 0 radical (unpaired) electrons. The lowest BCUT2D eigenvalue weighted by atomic mass is 9.99. The standard InChI is InChI=1S/C19H32N4O5/c1-15(25)20-11-8-6-10-17-19(27)21-12-7-4-2-3-5-9-16(18(26)22-17)13-23(28)14-24/h10,14,16,28H,2-9,11-13H2,1H3,(H,20,25)(H,21,27)(H,22,26)/t16-/m1/s1. The van der Waals surface area contributed by atoms with Gasteiger partial charge in [0.25, 0.3) is 5.91 Å². The molecule has 9 nitrogen and oxygen atoms in total. The lowest BCUT2D eigenvalue weighted by molar-refractivity contribution is -0.154. The zero-order chi connectivity index (χ0) is 20.8. The molecule has 0 aromatic carbocycles. The van der Waals surface area contributed by atoms with Gasteiger partial charge in [0.05, 0.1) is 12.5 Å². The van der Waals surface area contributed by atoms with E-state index >= 15 is 0 Å². The second-order valence-electron chi connectivity index (χ2n) is 6.97.